The van der Waals surface area contributed by atoms with Crippen LogP contribution in [-0.2, 0) is 17.9 Å². The zero-order valence-corrected chi connectivity index (χ0v) is 12.4. The molecule has 1 saturated heterocycles. The quantitative estimate of drug-likeness (QED) is 0.866. The molecule has 1 amide bonds. The summed E-state index contributed by atoms with van der Waals surface area (Å²) in [7, 11) is 0. The summed E-state index contributed by atoms with van der Waals surface area (Å²) in [6.07, 6.45) is 4.39. The lowest BCUT2D eigenvalue weighted by Gasteiger charge is -2.26. The minimum absolute atomic E-state index is 0.0965. The van der Waals surface area contributed by atoms with Crippen LogP contribution < -0.4 is 5.32 Å². The van der Waals surface area contributed by atoms with Gasteiger partial charge in [-0.05, 0) is 30.4 Å². The Kier molecular flexibility index (Phi) is 4.56. The molecule has 1 aliphatic heterocycles. The summed E-state index contributed by atoms with van der Waals surface area (Å²) in [5.41, 5.74) is 2.21. The molecule has 1 heterocycles. The second-order valence-corrected chi connectivity index (χ2v) is 6.33. The zero-order chi connectivity index (χ0) is 14.7. The first-order chi connectivity index (χ1) is 10.2. The van der Waals surface area contributed by atoms with Crippen LogP contribution in [0.4, 0.5) is 0 Å². The lowest BCUT2D eigenvalue weighted by atomic mass is 9.84. The van der Waals surface area contributed by atoms with Crippen molar-refractivity contribution < 1.29 is 9.90 Å². The van der Waals surface area contributed by atoms with Gasteiger partial charge < -0.3 is 10.4 Å². The number of carbonyl (C=O) groups is 1. The highest BCUT2D eigenvalue weighted by Gasteiger charge is 2.29. The Morgan fingerprint density at radius 2 is 1.90 bits per heavy atom. The molecule has 2 fully saturated rings. The van der Waals surface area contributed by atoms with E-state index in [1.165, 1.54) is 12.0 Å². The Labute approximate surface area is 126 Å². The minimum Gasteiger partial charge on any atom is -0.392 e. The second-order valence-electron chi connectivity index (χ2n) is 6.33. The monoisotopic (exact) mass is 288 g/mol. The molecule has 2 aliphatic rings. The van der Waals surface area contributed by atoms with Gasteiger partial charge in [0, 0.05) is 31.6 Å². The average Bonchev–Trinajstić information content (AvgIpc) is 2.84. The standard InChI is InChI=1S/C17H24N2O2/c20-12-14-6-4-13(5-7-14)10-19-9-8-16(11-19)18-17(21)15-2-1-3-15/h4-7,15-16,20H,1-3,8-12H2,(H,18,21). The van der Waals surface area contributed by atoms with Gasteiger partial charge in [-0.2, -0.15) is 0 Å². The van der Waals surface area contributed by atoms with Crippen molar-refractivity contribution in [1.82, 2.24) is 10.2 Å². The Bertz CT molecular complexity index is 482. The van der Waals surface area contributed by atoms with Crippen LogP contribution in [0.5, 0.6) is 0 Å². The molecule has 114 valence electrons. The molecule has 1 aromatic carbocycles. The molecule has 4 nitrogen and oxygen atoms in total. The molecule has 4 heteroatoms. The van der Waals surface area contributed by atoms with Crippen LogP contribution in [0.3, 0.4) is 0 Å². The highest BCUT2D eigenvalue weighted by molar-refractivity contribution is 5.79. The van der Waals surface area contributed by atoms with Crippen LogP contribution in [0.15, 0.2) is 24.3 Å². The third kappa shape index (κ3) is 3.63. The van der Waals surface area contributed by atoms with Gasteiger partial charge in [0.25, 0.3) is 0 Å². The fourth-order valence-electron chi connectivity index (χ4n) is 3.09. The topological polar surface area (TPSA) is 52.6 Å². The molecule has 1 aromatic rings. The molecular formula is C17H24N2O2. The van der Waals surface area contributed by atoms with E-state index in [9.17, 15) is 4.79 Å². The number of rotatable bonds is 5. The number of carbonyl (C=O) groups excluding carboxylic acids is 1. The number of amides is 1. The Morgan fingerprint density at radius 1 is 1.19 bits per heavy atom. The molecule has 0 bridgehead atoms. The highest BCUT2D eigenvalue weighted by atomic mass is 16.3. The van der Waals surface area contributed by atoms with Crippen molar-refractivity contribution in [3.63, 3.8) is 0 Å². The molecular weight excluding hydrogens is 264 g/mol. The number of nitrogens with one attached hydrogen (secondary N) is 1. The SMILES string of the molecule is O=C(NC1CCN(Cc2ccc(CO)cc2)C1)C1CCC1. The first-order valence-corrected chi connectivity index (χ1v) is 7.96. The third-order valence-corrected chi connectivity index (χ3v) is 4.71. The van der Waals surface area contributed by atoms with Gasteiger partial charge in [0.15, 0.2) is 0 Å². The summed E-state index contributed by atoms with van der Waals surface area (Å²) in [4.78, 5) is 14.4. The van der Waals surface area contributed by atoms with Gasteiger partial charge in [-0.25, -0.2) is 0 Å². The van der Waals surface area contributed by atoms with E-state index in [0.29, 0.717) is 6.04 Å². The average molecular weight is 288 g/mol. The van der Waals surface area contributed by atoms with Crippen LogP contribution in [-0.4, -0.2) is 35.0 Å². The van der Waals surface area contributed by atoms with E-state index in [-0.39, 0.29) is 18.4 Å². The van der Waals surface area contributed by atoms with Crippen LogP contribution in [0.25, 0.3) is 0 Å². The number of hydrogen-bond acceptors (Lipinski definition) is 3. The van der Waals surface area contributed by atoms with E-state index < -0.39 is 0 Å². The van der Waals surface area contributed by atoms with Crippen molar-refractivity contribution in [1.29, 1.82) is 0 Å². The maximum Gasteiger partial charge on any atom is 0.223 e. The Balaban J connectivity index is 1.46. The predicted molar refractivity (Wildman–Crippen MR) is 81.5 cm³/mol. The fraction of sp³-hybridized carbons (Fsp3) is 0.588. The minimum atomic E-state index is 0.0965. The summed E-state index contributed by atoms with van der Waals surface area (Å²) in [5, 5.41) is 12.3. The Morgan fingerprint density at radius 3 is 2.52 bits per heavy atom. The molecule has 1 saturated carbocycles. The Hall–Kier alpha value is -1.39. The largest absolute Gasteiger partial charge is 0.392 e. The fourth-order valence-corrected chi connectivity index (χ4v) is 3.09. The van der Waals surface area contributed by atoms with Gasteiger partial charge in [-0.15, -0.1) is 0 Å². The molecule has 1 unspecified atom stereocenters. The summed E-state index contributed by atoms with van der Waals surface area (Å²) in [6.45, 7) is 3.00. The van der Waals surface area contributed by atoms with Crippen molar-refractivity contribution in [2.24, 2.45) is 5.92 Å². The van der Waals surface area contributed by atoms with Crippen LogP contribution >= 0.6 is 0 Å². The van der Waals surface area contributed by atoms with Gasteiger partial charge in [0.2, 0.25) is 5.91 Å². The van der Waals surface area contributed by atoms with E-state index in [1.54, 1.807) is 0 Å². The van der Waals surface area contributed by atoms with E-state index >= 15 is 0 Å². The van der Waals surface area contributed by atoms with Crippen molar-refractivity contribution >= 4 is 5.91 Å². The second kappa shape index (κ2) is 6.58. The number of benzene rings is 1. The third-order valence-electron chi connectivity index (χ3n) is 4.71. The zero-order valence-electron chi connectivity index (χ0n) is 12.4. The van der Waals surface area contributed by atoms with E-state index in [4.69, 9.17) is 5.11 Å². The molecule has 0 spiro atoms. The summed E-state index contributed by atoms with van der Waals surface area (Å²) in [5.74, 6) is 0.547. The maximum absolute atomic E-state index is 12.0. The highest BCUT2D eigenvalue weighted by Crippen LogP contribution is 2.26. The van der Waals surface area contributed by atoms with Crippen molar-refractivity contribution in [3.8, 4) is 0 Å². The summed E-state index contributed by atoms with van der Waals surface area (Å²) >= 11 is 0. The summed E-state index contributed by atoms with van der Waals surface area (Å²) < 4.78 is 0. The van der Waals surface area contributed by atoms with Gasteiger partial charge in [-0.1, -0.05) is 30.7 Å². The molecule has 0 radical (unpaired) electrons. The molecule has 21 heavy (non-hydrogen) atoms. The van der Waals surface area contributed by atoms with Gasteiger partial charge in [-0.3, -0.25) is 9.69 Å². The number of aliphatic hydroxyl groups is 1. The maximum atomic E-state index is 12.0. The lowest BCUT2D eigenvalue weighted by Crippen LogP contribution is -2.42. The van der Waals surface area contributed by atoms with Crippen LogP contribution in [0.1, 0.15) is 36.8 Å². The van der Waals surface area contributed by atoms with Gasteiger partial charge >= 0.3 is 0 Å². The molecule has 1 atom stereocenters. The predicted octanol–water partition coefficient (Wildman–Crippen LogP) is 1.67. The number of aliphatic hydroxyl groups excluding tert-OH is 1. The summed E-state index contributed by atoms with van der Waals surface area (Å²) in [6, 6.07) is 8.41. The molecule has 1 aliphatic carbocycles. The number of hydrogen-bond donors (Lipinski definition) is 2. The molecule has 2 N–H and O–H groups in total. The number of likely N-dealkylation sites (tertiary alicyclic amines) is 1. The number of nitrogens with zero attached hydrogens (tertiary/aromatic N) is 1. The molecule has 3 rings (SSSR count). The van der Waals surface area contributed by atoms with E-state index in [1.807, 2.05) is 12.1 Å². The van der Waals surface area contributed by atoms with E-state index in [0.717, 1.165) is 44.5 Å². The molecule has 0 aromatic heterocycles. The first kappa shape index (κ1) is 14.5. The van der Waals surface area contributed by atoms with Crippen molar-refractivity contribution in [2.45, 2.75) is 44.9 Å². The van der Waals surface area contributed by atoms with Crippen molar-refractivity contribution in [2.75, 3.05) is 13.1 Å². The normalized spacial score (nSPS) is 23.0. The van der Waals surface area contributed by atoms with Crippen molar-refractivity contribution in [3.05, 3.63) is 35.4 Å². The smallest absolute Gasteiger partial charge is 0.223 e. The van der Waals surface area contributed by atoms with E-state index in [2.05, 4.69) is 22.3 Å². The van der Waals surface area contributed by atoms with Gasteiger partial charge in [0.05, 0.1) is 6.61 Å². The first-order valence-electron chi connectivity index (χ1n) is 7.96. The van der Waals surface area contributed by atoms with Crippen LogP contribution in [0.2, 0.25) is 0 Å². The van der Waals surface area contributed by atoms with Crippen LogP contribution in [0, 0.1) is 5.92 Å². The van der Waals surface area contributed by atoms with Gasteiger partial charge in [0.1, 0.15) is 0 Å². The lowest BCUT2D eigenvalue weighted by molar-refractivity contribution is -0.128.